The third kappa shape index (κ3) is 3.74. The number of aryl methyl sites for hydroxylation is 1. The quantitative estimate of drug-likeness (QED) is 0.384. The van der Waals surface area contributed by atoms with Crippen LogP contribution in [-0.2, 0) is 0 Å². The van der Waals surface area contributed by atoms with Crippen LogP contribution in [0.5, 0.6) is 5.75 Å². The molecule has 0 saturated heterocycles. The number of carbonyl (C=O) groups excluding carboxylic acids is 1. The highest BCUT2D eigenvalue weighted by molar-refractivity contribution is 6.37. The lowest BCUT2D eigenvalue weighted by molar-refractivity contribution is 0.102. The molecule has 0 bridgehead atoms. The van der Waals surface area contributed by atoms with E-state index in [1.807, 2.05) is 50.2 Å². The van der Waals surface area contributed by atoms with Crippen LogP contribution in [0.15, 0.2) is 52.9 Å². The van der Waals surface area contributed by atoms with E-state index in [2.05, 4.69) is 10.3 Å². The number of fused-ring (bicyclic) bond motifs is 1. The normalized spacial score (nSPS) is 11.0. The molecule has 1 aromatic heterocycles. The number of benzene rings is 3. The Kier molecular flexibility index (Phi) is 5.41. The van der Waals surface area contributed by atoms with Gasteiger partial charge in [-0.1, -0.05) is 35.3 Å². The van der Waals surface area contributed by atoms with Crippen molar-refractivity contribution in [3.63, 3.8) is 0 Å². The van der Waals surface area contributed by atoms with E-state index in [0.717, 1.165) is 22.2 Å². The number of amides is 1. The van der Waals surface area contributed by atoms with Crippen LogP contribution in [0.4, 0.5) is 5.69 Å². The second-order valence-corrected chi connectivity index (χ2v) is 7.71. The molecule has 0 atom stereocenters. The second kappa shape index (κ2) is 8.01. The summed E-state index contributed by atoms with van der Waals surface area (Å²) in [5, 5.41) is 3.44. The first-order chi connectivity index (χ1) is 14.4. The molecule has 4 rings (SSSR count). The summed E-state index contributed by atoms with van der Waals surface area (Å²) >= 11 is 12.3. The van der Waals surface area contributed by atoms with Gasteiger partial charge < -0.3 is 14.5 Å². The lowest BCUT2D eigenvalue weighted by Gasteiger charge is -2.12. The van der Waals surface area contributed by atoms with Gasteiger partial charge in [-0.2, -0.15) is 0 Å². The lowest BCUT2D eigenvalue weighted by atomic mass is 10.1. The molecular formula is C23H18Cl2N2O3. The van der Waals surface area contributed by atoms with Gasteiger partial charge in [0.15, 0.2) is 11.3 Å². The number of ether oxygens (including phenoxy) is 1. The van der Waals surface area contributed by atoms with Gasteiger partial charge in [0.1, 0.15) is 5.52 Å². The fourth-order valence-corrected chi connectivity index (χ4v) is 3.88. The number of oxazole rings is 1. The van der Waals surface area contributed by atoms with Crippen molar-refractivity contribution in [2.75, 3.05) is 12.4 Å². The average Bonchev–Trinajstić information content (AvgIpc) is 3.12. The third-order valence-electron chi connectivity index (χ3n) is 4.82. The molecule has 1 heterocycles. The number of halogens is 2. The van der Waals surface area contributed by atoms with Gasteiger partial charge in [-0.3, -0.25) is 4.79 Å². The molecule has 0 aliphatic rings. The van der Waals surface area contributed by atoms with Gasteiger partial charge in [-0.05, 0) is 61.4 Å². The van der Waals surface area contributed by atoms with E-state index in [4.69, 9.17) is 32.4 Å². The topological polar surface area (TPSA) is 64.4 Å². The third-order valence-corrected chi connectivity index (χ3v) is 5.38. The minimum absolute atomic E-state index is 0.266. The van der Waals surface area contributed by atoms with Gasteiger partial charge in [0.25, 0.3) is 5.91 Å². The van der Waals surface area contributed by atoms with Crippen LogP contribution >= 0.6 is 23.2 Å². The fourth-order valence-electron chi connectivity index (χ4n) is 3.24. The van der Waals surface area contributed by atoms with Crippen LogP contribution in [-0.4, -0.2) is 18.0 Å². The predicted molar refractivity (Wildman–Crippen MR) is 120 cm³/mol. The molecule has 30 heavy (non-hydrogen) atoms. The Hall–Kier alpha value is -3.02. The summed E-state index contributed by atoms with van der Waals surface area (Å²) in [4.78, 5) is 17.4. The Labute approximate surface area is 183 Å². The number of carbonyl (C=O) groups is 1. The van der Waals surface area contributed by atoms with Crippen LogP contribution in [0, 0.1) is 13.8 Å². The highest BCUT2D eigenvalue weighted by Crippen LogP contribution is 2.35. The van der Waals surface area contributed by atoms with Crippen molar-refractivity contribution < 1.29 is 13.9 Å². The maximum Gasteiger partial charge on any atom is 0.255 e. The average molecular weight is 441 g/mol. The minimum atomic E-state index is -0.338. The van der Waals surface area contributed by atoms with Crippen LogP contribution in [0.2, 0.25) is 10.0 Å². The molecule has 0 saturated carbocycles. The van der Waals surface area contributed by atoms with Gasteiger partial charge in [-0.15, -0.1) is 0 Å². The largest absolute Gasteiger partial charge is 0.494 e. The van der Waals surface area contributed by atoms with E-state index in [1.165, 1.54) is 19.2 Å². The molecule has 1 amide bonds. The molecule has 0 spiro atoms. The molecule has 0 aliphatic heterocycles. The van der Waals surface area contributed by atoms with E-state index in [-0.39, 0.29) is 16.0 Å². The number of nitrogens with zero attached hydrogens (tertiary/aromatic N) is 1. The highest BCUT2D eigenvalue weighted by atomic mass is 35.5. The summed E-state index contributed by atoms with van der Waals surface area (Å²) in [7, 11) is 1.47. The molecule has 4 aromatic rings. The first-order valence-electron chi connectivity index (χ1n) is 9.19. The summed E-state index contributed by atoms with van der Waals surface area (Å²) < 4.78 is 11.1. The highest BCUT2D eigenvalue weighted by Gasteiger charge is 2.17. The molecule has 7 heteroatoms. The van der Waals surface area contributed by atoms with E-state index in [1.54, 1.807) is 0 Å². The summed E-state index contributed by atoms with van der Waals surface area (Å²) in [6, 6.07) is 14.4. The van der Waals surface area contributed by atoms with Gasteiger partial charge in [0.2, 0.25) is 5.89 Å². The maximum absolute atomic E-state index is 12.8. The molecule has 1 N–H and O–H groups in total. The zero-order chi connectivity index (χ0) is 21.4. The zero-order valence-electron chi connectivity index (χ0n) is 16.5. The molecule has 152 valence electrons. The Morgan fingerprint density at radius 2 is 1.80 bits per heavy atom. The lowest BCUT2D eigenvalue weighted by Crippen LogP contribution is -2.13. The molecule has 5 nitrogen and oxygen atoms in total. The van der Waals surface area contributed by atoms with E-state index < -0.39 is 0 Å². The number of methoxy groups -OCH3 is 1. The van der Waals surface area contributed by atoms with Crippen molar-refractivity contribution in [2.45, 2.75) is 13.8 Å². The minimum Gasteiger partial charge on any atom is -0.494 e. The maximum atomic E-state index is 12.8. The SMILES string of the molecule is COc1c(Cl)cc(C(=O)Nc2cccc(-c3nc4cc(C)ccc4o3)c2C)cc1Cl. The number of aromatic nitrogens is 1. The van der Waals surface area contributed by atoms with E-state index >= 15 is 0 Å². The molecular weight excluding hydrogens is 423 g/mol. The predicted octanol–water partition coefficient (Wildman–Crippen LogP) is 6.68. The summed E-state index contributed by atoms with van der Waals surface area (Å²) in [5.74, 6) is 0.494. The Bertz CT molecular complexity index is 1260. The van der Waals surface area contributed by atoms with Crippen LogP contribution in [0.1, 0.15) is 21.5 Å². The Morgan fingerprint density at radius 3 is 2.50 bits per heavy atom. The van der Waals surface area contributed by atoms with Crippen LogP contribution < -0.4 is 10.1 Å². The van der Waals surface area contributed by atoms with Gasteiger partial charge in [0.05, 0.1) is 17.2 Å². The number of rotatable bonds is 4. The smallest absolute Gasteiger partial charge is 0.255 e. The zero-order valence-corrected chi connectivity index (χ0v) is 18.1. The van der Waals surface area contributed by atoms with Gasteiger partial charge in [0, 0.05) is 16.8 Å². The Morgan fingerprint density at radius 1 is 1.07 bits per heavy atom. The molecule has 3 aromatic carbocycles. The van der Waals surface area contributed by atoms with Gasteiger partial charge in [-0.25, -0.2) is 4.98 Å². The second-order valence-electron chi connectivity index (χ2n) is 6.90. The van der Waals surface area contributed by atoms with Crippen molar-refractivity contribution >= 4 is 45.9 Å². The summed E-state index contributed by atoms with van der Waals surface area (Å²) in [5.41, 5.74) is 5.21. The monoisotopic (exact) mass is 440 g/mol. The van der Waals surface area contributed by atoms with E-state index in [9.17, 15) is 4.79 Å². The van der Waals surface area contributed by atoms with Crippen LogP contribution in [0.25, 0.3) is 22.6 Å². The van der Waals surface area contributed by atoms with Crippen LogP contribution in [0.3, 0.4) is 0 Å². The Balaban J connectivity index is 1.67. The van der Waals surface area contributed by atoms with Crippen molar-refractivity contribution in [2.24, 2.45) is 0 Å². The number of nitrogens with one attached hydrogen (secondary N) is 1. The molecule has 0 unspecified atom stereocenters. The van der Waals surface area contributed by atoms with Gasteiger partial charge >= 0.3 is 0 Å². The van der Waals surface area contributed by atoms with Crippen molar-refractivity contribution in [1.82, 2.24) is 4.98 Å². The molecule has 0 radical (unpaired) electrons. The fraction of sp³-hybridized carbons (Fsp3) is 0.130. The first kappa shape index (κ1) is 20.3. The standard InChI is InChI=1S/C23H18Cl2N2O3/c1-12-7-8-20-19(9-12)27-23(30-20)15-5-4-6-18(13(15)2)26-22(28)14-10-16(24)21(29-3)17(25)11-14/h4-11H,1-3H3,(H,26,28). The van der Waals surface area contributed by atoms with Crippen molar-refractivity contribution in [3.8, 4) is 17.2 Å². The number of anilines is 1. The number of hydrogen-bond acceptors (Lipinski definition) is 4. The summed E-state index contributed by atoms with van der Waals surface area (Å²) in [6.07, 6.45) is 0. The van der Waals surface area contributed by atoms with Crippen molar-refractivity contribution in [3.05, 3.63) is 75.3 Å². The first-order valence-corrected chi connectivity index (χ1v) is 9.94. The molecule has 0 aliphatic carbocycles. The number of hydrogen-bond donors (Lipinski definition) is 1. The van der Waals surface area contributed by atoms with E-state index in [0.29, 0.717) is 28.5 Å². The van der Waals surface area contributed by atoms with Crippen molar-refractivity contribution in [1.29, 1.82) is 0 Å². The molecule has 0 fully saturated rings. The summed E-state index contributed by atoms with van der Waals surface area (Å²) in [6.45, 7) is 3.91.